The number of ether oxygens (including phenoxy) is 3. The lowest BCUT2D eigenvalue weighted by molar-refractivity contribution is 0.0528. The number of rotatable bonds is 6. The van der Waals surface area contributed by atoms with Gasteiger partial charge in [-0.25, -0.2) is 4.79 Å². The van der Waals surface area contributed by atoms with Gasteiger partial charge in [0.1, 0.15) is 0 Å². The SMILES string of the molecule is CCOC(=O)c1c(-c2ccc(SC)cc2)c(C)n2c1-c1cc(OC)c(OC)cc1CC2. The monoisotopic (exact) mass is 437 g/mol. The third-order valence-corrected chi connectivity index (χ3v) is 6.59. The van der Waals surface area contributed by atoms with Crippen LogP contribution in [0.5, 0.6) is 11.5 Å². The minimum atomic E-state index is -0.300. The van der Waals surface area contributed by atoms with E-state index in [1.54, 1.807) is 26.0 Å². The van der Waals surface area contributed by atoms with Crippen molar-refractivity contribution in [1.29, 1.82) is 0 Å². The number of fused-ring (bicyclic) bond motifs is 3. The molecule has 0 unspecified atom stereocenters. The van der Waals surface area contributed by atoms with Crippen LogP contribution in [0.1, 0.15) is 28.5 Å². The minimum Gasteiger partial charge on any atom is -0.493 e. The molecule has 0 saturated carbocycles. The second-order valence-corrected chi connectivity index (χ2v) is 8.28. The van der Waals surface area contributed by atoms with Gasteiger partial charge in [0.05, 0.1) is 32.1 Å². The highest BCUT2D eigenvalue weighted by Crippen LogP contribution is 2.45. The third-order valence-electron chi connectivity index (χ3n) is 5.85. The van der Waals surface area contributed by atoms with Gasteiger partial charge in [0.15, 0.2) is 11.5 Å². The van der Waals surface area contributed by atoms with Gasteiger partial charge in [0.2, 0.25) is 0 Å². The van der Waals surface area contributed by atoms with Crippen molar-refractivity contribution < 1.29 is 19.0 Å². The molecule has 162 valence electrons. The molecule has 2 heterocycles. The van der Waals surface area contributed by atoms with E-state index in [9.17, 15) is 4.79 Å². The fourth-order valence-electron chi connectivity index (χ4n) is 4.39. The molecule has 5 nitrogen and oxygen atoms in total. The Morgan fingerprint density at radius 3 is 2.39 bits per heavy atom. The zero-order chi connectivity index (χ0) is 22.1. The van der Waals surface area contributed by atoms with E-state index >= 15 is 0 Å². The summed E-state index contributed by atoms with van der Waals surface area (Å²) in [5.74, 6) is 1.05. The lowest BCUT2D eigenvalue weighted by Crippen LogP contribution is -2.15. The van der Waals surface area contributed by atoms with Crippen molar-refractivity contribution in [2.24, 2.45) is 0 Å². The molecule has 1 aliphatic heterocycles. The van der Waals surface area contributed by atoms with E-state index in [-0.39, 0.29) is 5.97 Å². The molecule has 6 heteroatoms. The van der Waals surface area contributed by atoms with E-state index in [0.29, 0.717) is 23.7 Å². The number of carbonyl (C=O) groups is 1. The zero-order valence-corrected chi connectivity index (χ0v) is 19.4. The number of aryl methyl sites for hydroxylation is 1. The second-order valence-electron chi connectivity index (χ2n) is 7.40. The van der Waals surface area contributed by atoms with Crippen LogP contribution in [0.15, 0.2) is 41.3 Å². The van der Waals surface area contributed by atoms with E-state index < -0.39 is 0 Å². The summed E-state index contributed by atoms with van der Waals surface area (Å²) in [5, 5.41) is 0. The highest BCUT2D eigenvalue weighted by molar-refractivity contribution is 7.98. The van der Waals surface area contributed by atoms with Crippen molar-refractivity contribution in [3.05, 3.63) is 53.2 Å². The van der Waals surface area contributed by atoms with E-state index in [4.69, 9.17) is 14.2 Å². The van der Waals surface area contributed by atoms with E-state index in [2.05, 4.69) is 42.0 Å². The fourth-order valence-corrected chi connectivity index (χ4v) is 4.80. The molecule has 0 aliphatic carbocycles. The molecule has 1 aliphatic rings. The van der Waals surface area contributed by atoms with Crippen molar-refractivity contribution in [2.75, 3.05) is 27.1 Å². The maximum atomic E-state index is 13.2. The number of hydrogen-bond acceptors (Lipinski definition) is 5. The van der Waals surface area contributed by atoms with Gasteiger partial charge in [0, 0.05) is 28.3 Å². The Balaban J connectivity index is 2.00. The first-order valence-corrected chi connectivity index (χ1v) is 11.6. The molecule has 4 rings (SSSR count). The zero-order valence-electron chi connectivity index (χ0n) is 18.6. The first kappa shape index (κ1) is 21.4. The van der Waals surface area contributed by atoms with Crippen LogP contribution in [0.2, 0.25) is 0 Å². The smallest absolute Gasteiger partial charge is 0.340 e. The lowest BCUT2D eigenvalue weighted by Gasteiger charge is -2.23. The number of carbonyl (C=O) groups excluding carboxylic acids is 1. The van der Waals surface area contributed by atoms with Crippen molar-refractivity contribution in [3.63, 3.8) is 0 Å². The van der Waals surface area contributed by atoms with Crippen LogP contribution in [-0.2, 0) is 17.7 Å². The van der Waals surface area contributed by atoms with Crippen molar-refractivity contribution >= 4 is 17.7 Å². The Morgan fingerprint density at radius 2 is 1.77 bits per heavy atom. The highest BCUT2D eigenvalue weighted by atomic mass is 32.2. The Bertz CT molecular complexity index is 1130. The van der Waals surface area contributed by atoms with Crippen molar-refractivity contribution in [2.45, 2.75) is 31.7 Å². The molecule has 0 radical (unpaired) electrons. The Morgan fingerprint density at radius 1 is 1.10 bits per heavy atom. The third kappa shape index (κ3) is 3.59. The van der Waals surface area contributed by atoms with Crippen LogP contribution in [0.3, 0.4) is 0 Å². The maximum Gasteiger partial charge on any atom is 0.340 e. The fraction of sp³-hybridized carbons (Fsp3) is 0.320. The van der Waals surface area contributed by atoms with Gasteiger partial charge in [-0.1, -0.05) is 12.1 Å². The van der Waals surface area contributed by atoms with Crippen LogP contribution in [0.4, 0.5) is 0 Å². The molecule has 0 bridgehead atoms. The Labute approximate surface area is 187 Å². The summed E-state index contributed by atoms with van der Waals surface area (Å²) in [6, 6.07) is 12.3. The molecule has 0 saturated heterocycles. The van der Waals surface area contributed by atoms with Crippen LogP contribution < -0.4 is 9.47 Å². The lowest BCUT2D eigenvalue weighted by atomic mass is 9.93. The van der Waals surface area contributed by atoms with Crippen molar-refractivity contribution in [3.8, 4) is 33.9 Å². The summed E-state index contributed by atoms with van der Waals surface area (Å²) in [5.41, 5.74) is 6.65. The molecule has 0 spiro atoms. The van der Waals surface area contributed by atoms with E-state index in [1.165, 1.54) is 4.90 Å². The van der Waals surface area contributed by atoms with Crippen LogP contribution >= 0.6 is 11.8 Å². The van der Waals surface area contributed by atoms with Crippen molar-refractivity contribution in [1.82, 2.24) is 4.57 Å². The van der Waals surface area contributed by atoms with E-state index in [1.807, 2.05) is 19.1 Å². The summed E-state index contributed by atoms with van der Waals surface area (Å²) < 4.78 is 18.8. The number of hydrogen-bond donors (Lipinski definition) is 0. The molecular weight excluding hydrogens is 410 g/mol. The number of esters is 1. The maximum absolute atomic E-state index is 13.2. The first-order chi connectivity index (χ1) is 15.0. The molecule has 0 N–H and O–H groups in total. The molecule has 31 heavy (non-hydrogen) atoms. The van der Waals surface area contributed by atoms with Gasteiger partial charge in [-0.3, -0.25) is 0 Å². The Hall–Kier alpha value is -2.86. The van der Waals surface area contributed by atoms with Gasteiger partial charge in [-0.15, -0.1) is 11.8 Å². The summed E-state index contributed by atoms with van der Waals surface area (Å²) in [6.07, 6.45) is 2.91. The largest absolute Gasteiger partial charge is 0.493 e. The summed E-state index contributed by atoms with van der Waals surface area (Å²) >= 11 is 1.70. The number of nitrogens with zero attached hydrogens (tertiary/aromatic N) is 1. The van der Waals surface area contributed by atoms with Crippen LogP contribution in [0.25, 0.3) is 22.4 Å². The van der Waals surface area contributed by atoms with Crippen LogP contribution in [-0.4, -0.2) is 37.6 Å². The molecule has 0 amide bonds. The minimum absolute atomic E-state index is 0.300. The predicted molar refractivity (Wildman–Crippen MR) is 125 cm³/mol. The van der Waals surface area contributed by atoms with E-state index in [0.717, 1.165) is 46.6 Å². The summed E-state index contributed by atoms with van der Waals surface area (Å²) in [4.78, 5) is 14.4. The number of methoxy groups -OCH3 is 2. The highest BCUT2D eigenvalue weighted by Gasteiger charge is 2.32. The van der Waals surface area contributed by atoms with Gasteiger partial charge < -0.3 is 18.8 Å². The van der Waals surface area contributed by atoms with Gasteiger partial charge >= 0.3 is 5.97 Å². The first-order valence-electron chi connectivity index (χ1n) is 10.3. The average Bonchev–Trinajstić information content (AvgIpc) is 3.11. The number of thioether (sulfide) groups is 1. The molecular formula is C25H27NO4S. The summed E-state index contributed by atoms with van der Waals surface area (Å²) in [7, 11) is 3.27. The topological polar surface area (TPSA) is 49.7 Å². The summed E-state index contributed by atoms with van der Waals surface area (Å²) in [6.45, 7) is 5.03. The van der Waals surface area contributed by atoms with Gasteiger partial charge in [-0.05, 0) is 61.9 Å². The molecule has 1 aromatic heterocycles. The van der Waals surface area contributed by atoms with Crippen LogP contribution in [0, 0.1) is 6.92 Å². The molecule has 2 aromatic carbocycles. The average molecular weight is 438 g/mol. The second kappa shape index (κ2) is 8.71. The molecule has 3 aromatic rings. The number of benzene rings is 2. The molecule has 0 fully saturated rings. The predicted octanol–water partition coefficient (Wildman–Crippen LogP) is 5.60. The quantitative estimate of drug-likeness (QED) is 0.371. The normalized spacial score (nSPS) is 12.2. The van der Waals surface area contributed by atoms with Gasteiger partial charge in [0.25, 0.3) is 0 Å². The number of aromatic nitrogens is 1. The Kier molecular flexibility index (Phi) is 6.01. The molecule has 0 atom stereocenters. The van der Waals surface area contributed by atoms with Gasteiger partial charge in [-0.2, -0.15) is 0 Å². The standard InChI is InChI=1S/C25H27NO4S/c1-6-30-25(27)23-22(16-7-9-18(31-5)10-8-16)15(2)26-12-11-17-13-20(28-3)21(29-4)14-19(17)24(23)26/h7-10,13-14H,6,11-12H2,1-5H3.